The average molecular weight is 395 g/mol. The molecule has 0 aliphatic heterocycles. The number of hydrogen-bond donors (Lipinski definition) is 2. The summed E-state index contributed by atoms with van der Waals surface area (Å²) in [6.07, 6.45) is 4.48. The van der Waals surface area contributed by atoms with Crippen molar-refractivity contribution in [1.82, 2.24) is 10.4 Å². The molecule has 0 aliphatic carbocycles. The average Bonchev–Trinajstić information content (AvgIpc) is 3.22. The number of aromatic nitrogens is 1. The second-order valence-corrected chi connectivity index (χ2v) is 5.71. The lowest BCUT2D eigenvalue weighted by atomic mass is 10.2. The number of furan rings is 1. The van der Waals surface area contributed by atoms with Gasteiger partial charge in [-0.3, -0.25) is 9.78 Å². The summed E-state index contributed by atoms with van der Waals surface area (Å²) in [5.74, 6) is -0.424. The Morgan fingerprint density at radius 2 is 2.10 bits per heavy atom. The molecule has 2 N–H and O–H groups in total. The van der Waals surface area contributed by atoms with Gasteiger partial charge in [0.15, 0.2) is 11.5 Å². The van der Waals surface area contributed by atoms with Gasteiger partial charge >= 0.3 is 5.97 Å². The molecule has 0 saturated carbocycles. The topological polar surface area (TPSA) is 123 Å². The number of aromatic carboxylic acids is 1. The van der Waals surface area contributed by atoms with E-state index in [9.17, 15) is 9.59 Å². The maximum absolute atomic E-state index is 11.9. The van der Waals surface area contributed by atoms with Crippen LogP contribution in [0, 0.1) is 0 Å². The van der Waals surface area contributed by atoms with Gasteiger partial charge in [-0.2, -0.15) is 5.10 Å². The first-order valence-corrected chi connectivity index (χ1v) is 8.43. The van der Waals surface area contributed by atoms with Gasteiger partial charge in [-0.15, -0.1) is 0 Å². The number of pyridine rings is 1. The minimum absolute atomic E-state index is 0.0399. The Bertz CT molecular complexity index is 1030. The van der Waals surface area contributed by atoms with E-state index in [-0.39, 0.29) is 18.3 Å². The van der Waals surface area contributed by atoms with Gasteiger partial charge in [-0.1, -0.05) is 0 Å². The van der Waals surface area contributed by atoms with Gasteiger partial charge in [0.05, 0.1) is 18.9 Å². The number of nitrogens with one attached hydrogen (secondary N) is 1. The van der Waals surface area contributed by atoms with Crippen molar-refractivity contribution in [2.45, 2.75) is 6.61 Å². The van der Waals surface area contributed by atoms with Crippen LogP contribution in [0.1, 0.15) is 32.2 Å². The molecule has 0 spiro atoms. The summed E-state index contributed by atoms with van der Waals surface area (Å²) in [4.78, 5) is 26.6. The van der Waals surface area contributed by atoms with Gasteiger partial charge in [-0.25, -0.2) is 10.2 Å². The third-order valence-corrected chi connectivity index (χ3v) is 3.73. The third kappa shape index (κ3) is 5.19. The Hall–Kier alpha value is -4.14. The Balaban J connectivity index is 1.61. The Morgan fingerprint density at radius 3 is 2.79 bits per heavy atom. The van der Waals surface area contributed by atoms with Crippen molar-refractivity contribution in [2.24, 2.45) is 5.10 Å². The predicted molar refractivity (Wildman–Crippen MR) is 102 cm³/mol. The number of methoxy groups -OCH3 is 1. The van der Waals surface area contributed by atoms with Crippen molar-refractivity contribution in [3.05, 3.63) is 77.5 Å². The summed E-state index contributed by atoms with van der Waals surface area (Å²) in [6.45, 7) is 0.0399. The number of benzene rings is 1. The van der Waals surface area contributed by atoms with Crippen LogP contribution >= 0.6 is 0 Å². The van der Waals surface area contributed by atoms with Gasteiger partial charge in [-0.05, 0) is 48.0 Å². The molecule has 1 aromatic carbocycles. The van der Waals surface area contributed by atoms with Gasteiger partial charge in [0.1, 0.15) is 12.4 Å². The quantitative estimate of drug-likeness (QED) is 0.444. The lowest BCUT2D eigenvalue weighted by molar-refractivity contribution is 0.0657. The van der Waals surface area contributed by atoms with Crippen molar-refractivity contribution < 1.29 is 28.6 Å². The van der Waals surface area contributed by atoms with Crippen LogP contribution in [-0.4, -0.2) is 35.3 Å². The summed E-state index contributed by atoms with van der Waals surface area (Å²) in [7, 11) is 1.49. The van der Waals surface area contributed by atoms with Crippen LogP contribution in [0.4, 0.5) is 0 Å². The maximum Gasteiger partial charge on any atom is 0.371 e. The number of nitrogens with zero attached hydrogens (tertiary/aromatic N) is 2. The van der Waals surface area contributed by atoms with Crippen LogP contribution in [0.3, 0.4) is 0 Å². The summed E-state index contributed by atoms with van der Waals surface area (Å²) in [6, 6.07) is 11.3. The lowest BCUT2D eigenvalue weighted by Gasteiger charge is -2.10. The highest BCUT2D eigenvalue weighted by molar-refractivity contribution is 5.94. The van der Waals surface area contributed by atoms with Gasteiger partial charge in [0.25, 0.3) is 5.91 Å². The highest BCUT2D eigenvalue weighted by atomic mass is 16.5. The van der Waals surface area contributed by atoms with E-state index in [1.165, 1.54) is 31.7 Å². The predicted octanol–water partition coefficient (Wildman–Crippen LogP) is 2.72. The molecule has 0 fully saturated rings. The lowest BCUT2D eigenvalue weighted by Crippen LogP contribution is -2.17. The minimum Gasteiger partial charge on any atom is -0.493 e. The molecule has 0 saturated heterocycles. The molecule has 29 heavy (non-hydrogen) atoms. The van der Waals surface area contributed by atoms with Crippen molar-refractivity contribution in [1.29, 1.82) is 0 Å². The van der Waals surface area contributed by atoms with Gasteiger partial charge in [0, 0.05) is 12.4 Å². The first-order valence-electron chi connectivity index (χ1n) is 8.43. The van der Waals surface area contributed by atoms with Gasteiger partial charge in [0.2, 0.25) is 5.76 Å². The molecule has 0 radical (unpaired) electrons. The molecule has 0 unspecified atom stereocenters. The zero-order valence-electron chi connectivity index (χ0n) is 15.4. The molecule has 1 amide bonds. The normalized spacial score (nSPS) is 10.7. The van der Waals surface area contributed by atoms with E-state index in [1.807, 2.05) is 0 Å². The highest BCUT2D eigenvalue weighted by Crippen LogP contribution is 2.28. The first-order chi connectivity index (χ1) is 14.1. The monoisotopic (exact) mass is 395 g/mol. The van der Waals surface area contributed by atoms with Crippen molar-refractivity contribution in [3.8, 4) is 11.5 Å². The number of ether oxygens (including phenoxy) is 2. The van der Waals surface area contributed by atoms with Crippen molar-refractivity contribution >= 4 is 18.1 Å². The van der Waals surface area contributed by atoms with Crippen LogP contribution in [0.5, 0.6) is 11.5 Å². The molecule has 0 atom stereocenters. The fourth-order valence-corrected chi connectivity index (χ4v) is 2.33. The molecule has 3 aromatic rings. The molecule has 2 heterocycles. The summed E-state index contributed by atoms with van der Waals surface area (Å²) in [5.41, 5.74) is 3.49. The van der Waals surface area contributed by atoms with E-state index in [0.717, 1.165) is 0 Å². The molecule has 0 aliphatic rings. The molecule has 2 aromatic heterocycles. The molecular weight excluding hydrogens is 378 g/mol. The van der Waals surface area contributed by atoms with Crippen molar-refractivity contribution in [3.63, 3.8) is 0 Å². The Kier molecular flexibility index (Phi) is 6.21. The van der Waals surface area contributed by atoms with E-state index < -0.39 is 5.97 Å². The fraction of sp³-hybridized carbons (Fsp3) is 0.100. The number of amides is 1. The number of carbonyl (C=O) groups excluding carboxylic acids is 1. The SMILES string of the molecule is COc1cc(/C=N\NC(=O)c2cccnc2)ccc1OCc1ccc(C(=O)O)o1. The summed E-state index contributed by atoms with van der Waals surface area (Å²) in [5, 5.41) is 12.8. The van der Waals surface area contributed by atoms with Crippen molar-refractivity contribution in [2.75, 3.05) is 7.11 Å². The van der Waals surface area contributed by atoms with E-state index in [1.54, 1.807) is 36.5 Å². The second-order valence-electron chi connectivity index (χ2n) is 5.71. The number of hydrazone groups is 1. The van der Waals surface area contributed by atoms with E-state index >= 15 is 0 Å². The highest BCUT2D eigenvalue weighted by Gasteiger charge is 2.11. The Morgan fingerprint density at radius 1 is 1.24 bits per heavy atom. The van der Waals surface area contributed by atoms with Crippen LogP contribution < -0.4 is 14.9 Å². The van der Waals surface area contributed by atoms with E-state index in [0.29, 0.717) is 28.4 Å². The van der Waals surface area contributed by atoms with Crippen LogP contribution in [0.2, 0.25) is 0 Å². The second kappa shape index (κ2) is 9.18. The fourth-order valence-electron chi connectivity index (χ4n) is 2.33. The maximum atomic E-state index is 11.9. The van der Waals surface area contributed by atoms with Crippen LogP contribution in [0.25, 0.3) is 0 Å². The number of rotatable bonds is 8. The molecule has 3 rings (SSSR count). The zero-order chi connectivity index (χ0) is 20.6. The van der Waals surface area contributed by atoms with Gasteiger partial charge < -0.3 is 19.0 Å². The molecule has 9 nitrogen and oxygen atoms in total. The van der Waals surface area contributed by atoms with E-state index in [2.05, 4.69) is 15.5 Å². The summed E-state index contributed by atoms with van der Waals surface area (Å²) < 4.78 is 16.1. The molecule has 0 bridgehead atoms. The molecule has 9 heteroatoms. The molecular formula is C20H17N3O6. The number of carboxylic acids is 1. The number of carboxylic acid groups (broad SMARTS) is 1. The largest absolute Gasteiger partial charge is 0.493 e. The minimum atomic E-state index is -1.15. The van der Waals surface area contributed by atoms with Crippen LogP contribution in [0.15, 0.2) is 64.4 Å². The Labute approximate surface area is 165 Å². The standard InChI is InChI=1S/C20H17N3O6/c1-27-18-9-13(10-22-23-19(24)14-3-2-8-21-11-14)4-6-16(18)28-12-15-5-7-17(29-15)20(25)26/h2-11H,12H2,1H3,(H,23,24)(H,25,26)/b22-10-. The van der Waals surface area contributed by atoms with E-state index in [4.69, 9.17) is 19.0 Å². The third-order valence-electron chi connectivity index (χ3n) is 3.73. The smallest absolute Gasteiger partial charge is 0.371 e. The number of hydrogen-bond acceptors (Lipinski definition) is 7. The molecule has 148 valence electrons. The number of carbonyl (C=O) groups is 2. The first kappa shape index (κ1) is 19.6. The van der Waals surface area contributed by atoms with Crippen LogP contribution in [-0.2, 0) is 6.61 Å². The zero-order valence-corrected chi connectivity index (χ0v) is 15.4. The summed E-state index contributed by atoms with van der Waals surface area (Å²) >= 11 is 0.